The molecule has 0 spiro atoms. The lowest BCUT2D eigenvalue weighted by Crippen LogP contribution is -2.02. The van der Waals surface area contributed by atoms with Crippen LogP contribution in [0.5, 0.6) is 0 Å². The van der Waals surface area contributed by atoms with Crippen molar-refractivity contribution in [3.05, 3.63) is 0 Å². The van der Waals surface area contributed by atoms with Crippen LogP contribution in [0.1, 0.15) is 0 Å². The molecule has 0 heterocycles. The van der Waals surface area contributed by atoms with Gasteiger partial charge in [0, 0.05) is 0 Å². The molecule has 12 heteroatoms. The van der Waals surface area contributed by atoms with Crippen molar-refractivity contribution < 1.29 is 34.5 Å². The van der Waals surface area contributed by atoms with Gasteiger partial charge in [-0.15, -0.1) is 15.8 Å². The van der Waals surface area contributed by atoms with E-state index in [9.17, 15) is 34.5 Å². The van der Waals surface area contributed by atoms with Gasteiger partial charge in [-0.05, 0) is 39.0 Å². The zero-order valence-corrected chi connectivity index (χ0v) is 12.3. The largest absolute Gasteiger partial charge is 0.673 e. The maximum absolute atomic E-state index is 9.75. The first-order valence-electron chi connectivity index (χ1n) is 4.67. The zero-order valence-electron chi connectivity index (χ0n) is 10.5. The highest BCUT2D eigenvalue weighted by molar-refractivity contribution is 7.60. The molecule has 0 radical (unpaired) electrons. The summed E-state index contributed by atoms with van der Waals surface area (Å²) < 4.78 is 78.0. The van der Waals surface area contributed by atoms with Crippen LogP contribution in [0.2, 0.25) is 0 Å². The monoisotopic (exact) mass is 324 g/mol. The molecule has 0 bridgehead atoms. The van der Waals surface area contributed by atoms with Gasteiger partial charge in [0.15, 0.2) is 0 Å². The third-order valence-corrected chi connectivity index (χ3v) is 3.58. The van der Waals surface area contributed by atoms with Crippen molar-refractivity contribution in [1.82, 2.24) is 0 Å². The first-order chi connectivity index (χ1) is 7.63. The molecule has 0 atom stereocenters. The fraction of sp³-hybridized carbons (Fsp3) is 1.00. The molecule has 0 aromatic carbocycles. The molecule has 0 aromatic heterocycles. The Hall–Kier alpha value is 0.430. The molecule has 0 saturated heterocycles. The topological polar surface area (TPSA) is 0 Å². The van der Waals surface area contributed by atoms with Crippen LogP contribution in [0.15, 0.2) is 0 Å². The third kappa shape index (κ3) is 133. The fourth-order valence-corrected chi connectivity index (χ4v) is 3.60. The summed E-state index contributed by atoms with van der Waals surface area (Å²) in [6, 6.07) is 0. The van der Waals surface area contributed by atoms with E-state index in [1.54, 1.807) is 0 Å². The summed E-state index contributed by atoms with van der Waals surface area (Å²) in [7, 11) is -11.2. The van der Waals surface area contributed by atoms with E-state index in [0.29, 0.717) is 15.8 Å². The predicted octanol–water partition coefficient (Wildman–Crippen LogP) is 5.07. The standard InChI is InChI=1S/C6H16P2.2BF4/c1-7(2)5-6-8(3)4;2*2-1(3,4)5/h5-6H2,1-4H3;;/q;2*-1. The van der Waals surface area contributed by atoms with Crippen LogP contribution in [0.25, 0.3) is 0 Å². The lowest BCUT2D eigenvalue weighted by Gasteiger charge is -2.07. The minimum absolute atomic E-state index is 0.383. The molecule has 0 saturated carbocycles. The molecule has 0 nitrogen and oxygen atoms in total. The molecule has 0 aliphatic rings. The zero-order chi connectivity index (χ0) is 15.6. The quantitative estimate of drug-likeness (QED) is 0.386. The van der Waals surface area contributed by atoms with E-state index in [4.69, 9.17) is 0 Å². The molecular weight excluding hydrogens is 308 g/mol. The summed E-state index contributed by atoms with van der Waals surface area (Å²) in [6.45, 7) is 9.42. The Labute approximate surface area is 105 Å². The second-order valence-electron chi connectivity index (χ2n) is 3.60. The number of rotatable bonds is 3. The average molecular weight is 324 g/mol. The second-order valence-corrected chi connectivity index (χ2v) is 8.81. The van der Waals surface area contributed by atoms with Crippen LogP contribution < -0.4 is 0 Å². The second kappa shape index (κ2) is 11.3. The Bertz CT molecular complexity index is 149. The normalized spacial score (nSPS) is 11.7. The van der Waals surface area contributed by atoms with Crippen molar-refractivity contribution in [1.29, 1.82) is 0 Å². The van der Waals surface area contributed by atoms with Gasteiger partial charge in [0.25, 0.3) is 0 Å². The van der Waals surface area contributed by atoms with Crippen LogP contribution in [0, 0.1) is 0 Å². The lowest BCUT2D eigenvalue weighted by atomic mass is 10.3. The third-order valence-electron chi connectivity index (χ3n) is 0.994. The van der Waals surface area contributed by atoms with Crippen molar-refractivity contribution in [3.63, 3.8) is 0 Å². The highest BCUT2D eigenvalue weighted by atomic mass is 31.1. The van der Waals surface area contributed by atoms with Gasteiger partial charge in [-0.25, -0.2) is 0 Å². The van der Waals surface area contributed by atoms with E-state index in [1.165, 1.54) is 12.3 Å². The maximum atomic E-state index is 9.75. The minimum Gasteiger partial charge on any atom is -0.418 e. The number of halogens is 8. The molecule has 0 rings (SSSR count). The van der Waals surface area contributed by atoms with E-state index in [-0.39, 0.29) is 0 Å². The summed E-state index contributed by atoms with van der Waals surface area (Å²) in [5, 5.41) is 0. The highest BCUT2D eigenvalue weighted by Crippen LogP contribution is 2.32. The predicted molar refractivity (Wildman–Crippen MR) is 67.6 cm³/mol. The van der Waals surface area contributed by atoms with E-state index >= 15 is 0 Å². The van der Waals surface area contributed by atoms with E-state index in [0.717, 1.165) is 0 Å². The van der Waals surface area contributed by atoms with Crippen LogP contribution in [-0.2, 0) is 0 Å². The van der Waals surface area contributed by atoms with Crippen LogP contribution >= 0.6 is 15.8 Å². The van der Waals surface area contributed by atoms with Crippen molar-refractivity contribution in [2.75, 3.05) is 39.0 Å². The maximum Gasteiger partial charge on any atom is 0.673 e. The van der Waals surface area contributed by atoms with Gasteiger partial charge < -0.3 is 34.5 Å². The van der Waals surface area contributed by atoms with Gasteiger partial charge >= 0.3 is 14.5 Å². The summed E-state index contributed by atoms with van der Waals surface area (Å²) in [5.74, 6) is 0. The van der Waals surface area contributed by atoms with Gasteiger partial charge in [0.2, 0.25) is 0 Å². The Morgan fingerprint density at radius 2 is 0.667 bits per heavy atom. The molecule has 18 heavy (non-hydrogen) atoms. The van der Waals surface area contributed by atoms with Crippen molar-refractivity contribution in [3.8, 4) is 0 Å². The first kappa shape index (κ1) is 23.5. The summed E-state index contributed by atoms with van der Waals surface area (Å²) in [4.78, 5) is 0. The first-order valence-corrected chi connectivity index (χ1v) is 9.51. The van der Waals surface area contributed by atoms with Crippen LogP contribution in [0.4, 0.5) is 34.5 Å². The molecule has 0 aliphatic carbocycles. The summed E-state index contributed by atoms with van der Waals surface area (Å²) in [6.07, 6.45) is 2.96. The number of hydrogen-bond donors (Lipinski definition) is 0. The van der Waals surface area contributed by atoms with Gasteiger partial charge in [0.05, 0.1) is 0 Å². The molecule has 0 aliphatic heterocycles. The lowest BCUT2D eigenvalue weighted by molar-refractivity contribution is 0.366. The Kier molecular flexibility index (Phi) is 14.7. The molecule has 0 amide bonds. The SMILES string of the molecule is CP(C)CCP(C)C.F[B-](F)(F)F.F[B-](F)(F)F. The van der Waals surface area contributed by atoms with Gasteiger partial charge in [-0.3, -0.25) is 0 Å². The smallest absolute Gasteiger partial charge is 0.418 e. The summed E-state index contributed by atoms with van der Waals surface area (Å²) >= 11 is 0. The Balaban J connectivity index is -0.000000197. The Morgan fingerprint density at radius 1 is 0.556 bits per heavy atom. The van der Waals surface area contributed by atoms with Gasteiger partial charge in [0.1, 0.15) is 0 Å². The van der Waals surface area contributed by atoms with Crippen molar-refractivity contribution in [2.45, 2.75) is 0 Å². The molecule has 0 aromatic rings. The number of hydrogen-bond acceptors (Lipinski definition) is 0. The molecular formula is C6H16B2F8P2-2. The average Bonchev–Trinajstić information content (AvgIpc) is 1.93. The van der Waals surface area contributed by atoms with E-state index in [1.807, 2.05) is 0 Å². The van der Waals surface area contributed by atoms with E-state index in [2.05, 4.69) is 26.7 Å². The Morgan fingerprint density at radius 3 is 0.722 bits per heavy atom. The molecule has 114 valence electrons. The fourth-order valence-electron chi connectivity index (χ4n) is 0.400. The molecule has 0 fully saturated rings. The molecule has 0 unspecified atom stereocenters. The highest BCUT2D eigenvalue weighted by Gasteiger charge is 2.21. The van der Waals surface area contributed by atoms with Crippen molar-refractivity contribution >= 4 is 30.4 Å². The van der Waals surface area contributed by atoms with Crippen LogP contribution in [-0.4, -0.2) is 53.5 Å². The van der Waals surface area contributed by atoms with Crippen LogP contribution in [0.3, 0.4) is 0 Å². The van der Waals surface area contributed by atoms with Gasteiger partial charge in [-0.1, -0.05) is 0 Å². The summed E-state index contributed by atoms with van der Waals surface area (Å²) in [5.41, 5.74) is 0. The minimum atomic E-state index is -6.00. The molecule has 0 N–H and O–H groups in total. The van der Waals surface area contributed by atoms with Crippen molar-refractivity contribution in [2.24, 2.45) is 0 Å². The van der Waals surface area contributed by atoms with Gasteiger partial charge in [-0.2, -0.15) is 0 Å². The van der Waals surface area contributed by atoms with E-state index < -0.39 is 14.5 Å².